The molecule has 0 aliphatic rings. The van der Waals surface area contributed by atoms with E-state index >= 15 is 0 Å². The first-order valence-corrected chi connectivity index (χ1v) is 4.81. The summed E-state index contributed by atoms with van der Waals surface area (Å²) < 4.78 is 1.38. The van der Waals surface area contributed by atoms with Gasteiger partial charge in [0.1, 0.15) is 5.56 Å². The fourth-order valence-electron chi connectivity index (χ4n) is 1.36. The van der Waals surface area contributed by atoms with Crippen LogP contribution in [0.1, 0.15) is 23.0 Å². The summed E-state index contributed by atoms with van der Waals surface area (Å²) in [5.41, 5.74) is 0.718. The zero-order valence-corrected chi connectivity index (χ0v) is 8.66. The fourth-order valence-corrected chi connectivity index (χ4v) is 1.36. The van der Waals surface area contributed by atoms with Crippen molar-refractivity contribution in [2.75, 3.05) is 0 Å². The van der Waals surface area contributed by atoms with Gasteiger partial charge in [0.05, 0.1) is 5.69 Å². The first-order chi connectivity index (χ1) is 7.72. The molecular formula is C10H10N4O2. The highest BCUT2D eigenvalue weighted by Gasteiger charge is 2.15. The fraction of sp³-hybridized carbons (Fsp3) is 0.200. The Labute approximate surface area is 91.6 Å². The Hall–Kier alpha value is -2.24. The van der Waals surface area contributed by atoms with E-state index in [0.717, 1.165) is 0 Å². The smallest absolute Gasteiger partial charge is 0.339 e. The lowest BCUT2D eigenvalue weighted by Crippen LogP contribution is -2.00. The molecular weight excluding hydrogens is 208 g/mol. The second-order valence-electron chi connectivity index (χ2n) is 3.14. The van der Waals surface area contributed by atoms with Crippen LogP contribution in [-0.2, 0) is 6.42 Å². The van der Waals surface area contributed by atoms with Crippen LogP contribution in [0.3, 0.4) is 0 Å². The van der Waals surface area contributed by atoms with Gasteiger partial charge < -0.3 is 5.11 Å². The summed E-state index contributed by atoms with van der Waals surface area (Å²) in [7, 11) is 0. The summed E-state index contributed by atoms with van der Waals surface area (Å²) in [5, 5.41) is 13.1. The lowest BCUT2D eigenvalue weighted by atomic mass is 10.2. The minimum atomic E-state index is -0.987. The largest absolute Gasteiger partial charge is 0.478 e. The minimum absolute atomic E-state index is 0.190. The number of aromatic carboxylic acids is 1. The van der Waals surface area contributed by atoms with Crippen molar-refractivity contribution >= 4 is 5.97 Å². The van der Waals surface area contributed by atoms with Crippen LogP contribution in [0.2, 0.25) is 0 Å². The van der Waals surface area contributed by atoms with Gasteiger partial charge in [0.25, 0.3) is 0 Å². The molecule has 0 atom stereocenters. The molecule has 2 heterocycles. The summed E-state index contributed by atoms with van der Waals surface area (Å²) in [4.78, 5) is 18.9. The van der Waals surface area contributed by atoms with Crippen molar-refractivity contribution in [3.8, 4) is 5.95 Å². The van der Waals surface area contributed by atoms with Gasteiger partial charge in [-0.3, -0.25) is 0 Å². The maximum atomic E-state index is 10.9. The molecule has 0 saturated heterocycles. The highest BCUT2D eigenvalue weighted by atomic mass is 16.4. The normalized spacial score (nSPS) is 10.3. The second kappa shape index (κ2) is 4.09. The lowest BCUT2D eigenvalue weighted by Gasteiger charge is -1.95. The molecule has 2 rings (SSSR count). The van der Waals surface area contributed by atoms with Crippen LogP contribution in [0, 0.1) is 0 Å². The van der Waals surface area contributed by atoms with Gasteiger partial charge in [-0.1, -0.05) is 6.92 Å². The van der Waals surface area contributed by atoms with Crippen molar-refractivity contribution in [3.63, 3.8) is 0 Å². The molecule has 82 valence electrons. The average molecular weight is 218 g/mol. The minimum Gasteiger partial charge on any atom is -0.478 e. The van der Waals surface area contributed by atoms with Gasteiger partial charge in [0, 0.05) is 18.6 Å². The third-order valence-corrected chi connectivity index (χ3v) is 2.11. The van der Waals surface area contributed by atoms with E-state index in [4.69, 9.17) is 5.11 Å². The summed E-state index contributed by atoms with van der Waals surface area (Å²) in [5.74, 6) is -0.622. The number of carbonyl (C=O) groups is 1. The van der Waals surface area contributed by atoms with Crippen LogP contribution in [-0.4, -0.2) is 30.8 Å². The van der Waals surface area contributed by atoms with Crippen molar-refractivity contribution in [1.82, 2.24) is 19.7 Å². The molecule has 0 spiro atoms. The molecule has 0 aliphatic carbocycles. The predicted octanol–water partition coefficient (Wildman–Crippen LogP) is 0.923. The van der Waals surface area contributed by atoms with Gasteiger partial charge in [0.2, 0.25) is 5.95 Å². The highest BCUT2D eigenvalue weighted by molar-refractivity contribution is 5.88. The first-order valence-electron chi connectivity index (χ1n) is 4.81. The van der Waals surface area contributed by atoms with E-state index in [1.807, 2.05) is 6.92 Å². The summed E-state index contributed by atoms with van der Waals surface area (Å²) in [6, 6.07) is 1.69. The third-order valence-electron chi connectivity index (χ3n) is 2.11. The van der Waals surface area contributed by atoms with Crippen molar-refractivity contribution in [2.24, 2.45) is 0 Å². The van der Waals surface area contributed by atoms with Crippen molar-refractivity contribution in [3.05, 3.63) is 35.9 Å². The molecule has 0 radical (unpaired) electrons. The lowest BCUT2D eigenvalue weighted by molar-refractivity contribution is 0.0696. The molecule has 6 nitrogen and oxygen atoms in total. The van der Waals surface area contributed by atoms with Crippen LogP contribution in [0.5, 0.6) is 0 Å². The Morgan fingerprint density at radius 3 is 2.62 bits per heavy atom. The third kappa shape index (κ3) is 1.77. The van der Waals surface area contributed by atoms with Crippen LogP contribution < -0.4 is 0 Å². The van der Waals surface area contributed by atoms with E-state index < -0.39 is 5.97 Å². The Kier molecular flexibility index (Phi) is 2.63. The maximum Gasteiger partial charge on any atom is 0.339 e. The van der Waals surface area contributed by atoms with E-state index in [-0.39, 0.29) is 5.56 Å². The summed E-state index contributed by atoms with van der Waals surface area (Å²) in [6.45, 7) is 1.85. The number of rotatable bonds is 3. The van der Waals surface area contributed by atoms with Gasteiger partial charge in [-0.2, -0.15) is 5.10 Å². The van der Waals surface area contributed by atoms with Gasteiger partial charge in [0.15, 0.2) is 0 Å². The molecule has 6 heteroatoms. The predicted molar refractivity (Wildman–Crippen MR) is 55.5 cm³/mol. The Morgan fingerprint density at radius 1 is 1.44 bits per heavy atom. The Balaban J connectivity index is 2.48. The zero-order chi connectivity index (χ0) is 11.5. The summed E-state index contributed by atoms with van der Waals surface area (Å²) in [6.07, 6.45) is 5.14. The molecule has 0 bridgehead atoms. The molecule has 2 aromatic heterocycles. The number of aromatic nitrogens is 4. The van der Waals surface area contributed by atoms with E-state index in [1.165, 1.54) is 10.9 Å². The van der Waals surface area contributed by atoms with E-state index in [0.29, 0.717) is 18.1 Å². The number of hydrogen-bond acceptors (Lipinski definition) is 4. The molecule has 0 saturated carbocycles. The van der Waals surface area contributed by atoms with E-state index in [2.05, 4.69) is 15.1 Å². The van der Waals surface area contributed by atoms with Crippen molar-refractivity contribution in [1.29, 1.82) is 0 Å². The van der Waals surface area contributed by atoms with Gasteiger partial charge in [-0.05, 0) is 12.5 Å². The SMILES string of the molecule is CCc1nn(-c2ncccn2)cc1C(=O)O. The van der Waals surface area contributed by atoms with Crippen LogP contribution in [0.15, 0.2) is 24.7 Å². The molecule has 16 heavy (non-hydrogen) atoms. The van der Waals surface area contributed by atoms with E-state index in [9.17, 15) is 4.79 Å². The number of carboxylic acids is 1. The molecule has 1 N–H and O–H groups in total. The molecule has 0 aliphatic heterocycles. The van der Waals surface area contributed by atoms with Crippen LogP contribution >= 0.6 is 0 Å². The number of aryl methyl sites for hydroxylation is 1. The highest BCUT2D eigenvalue weighted by Crippen LogP contribution is 2.10. The first kappa shape index (κ1) is 10.3. The monoisotopic (exact) mass is 218 g/mol. The van der Waals surface area contributed by atoms with E-state index in [1.54, 1.807) is 18.5 Å². The second-order valence-corrected chi connectivity index (χ2v) is 3.14. The van der Waals surface area contributed by atoms with Gasteiger partial charge >= 0.3 is 5.97 Å². The summed E-state index contributed by atoms with van der Waals surface area (Å²) >= 11 is 0. The Bertz CT molecular complexity index is 507. The maximum absolute atomic E-state index is 10.9. The molecule has 0 fully saturated rings. The number of nitrogens with zero attached hydrogens (tertiary/aromatic N) is 4. The topological polar surface area (TPSA) is 80.9 Å². The molecule has 2 aromatic rings. The molecule has 0 amide bonds. The standard InChI is InChI=1S/C10H10N4O2/c1-2-8-7(9(15)16)6-14(13-8)10-11-4-3-5-12-10/h3-6H,2H2,1H3,(H,15,16). The Morgan fingerprint density at radius 2 is 2.12 bits per heavy atom. The van der Waals surface area contributed by atoms with Crippen molar-refractivity contribution in [2.45, 2.75) is 13.3 Å². The quantitative estimate of drug-likeness (QED) is 0.828. The number of carboxylic acid groups (broad SMARTS) is 1. The van der Waals surface area contributed by atoms with Gasteiger partial charge in [-0.25, -0.2) is 19.4 Å². The van der Waals surface area contributed by atoms with Crippen LogP contribution in [0.4, 0.5) is 0 Å². The molecule has 0 aromatic carbocycles. The van der Waals surface area contributed by atoms with Crippen LogP contribution in [0.25, 0.3) is 5.95 Å². The average Bonchev–Trinajstić information content (AvgIpc) is 2.74. The number of hydrogen-bond donors (Lipinski definition) is 1. The zero-order valence-electron chi connectivity index (χ0n) is 8.66. The van der Waals surface area contributed by atoms with Gasteiger partial charge in [-0.15, -0.1) is 0 Å². The van der Waals surface area contributed by atoms with Crippen molar-refractivity contribution < 1.29 is 9.90 Å². The molecule has 0 unspecified atom stereocenters.